The molecule has 0 saturated carbocycles. The Morgan fingerprint density at radius 1 is 1.31 bits per heavy atom. The molecule has 1 aromatic rings. The Hall–Kier alpha value is -0.950. The number of nitrogens with zero attached hydrogens (tertiary/aromatic N) is 1. The number of ether oxygens (including phenoxy) is 1. The molecule has 0 aliphatic carbocycles. The van der Waals surface area contributed by atoms with E-state index in [9.17, 15) is 9.59 Å². The van der Waals surface area contributed by atoms with E-state index < -0.39 is 6.04 Å². The summed E-state index contributed by atoms with van der Waals surface area (Å²) in [4.78, 5) is 27.4. The molecule has 1 aliphatic rings. The number of benzene rings is 1. The van der Waals surface area contributed by atoms with E-state index in [0.29, 0.717) is 30.1 Å². The molecule has 1 N–H and O–H groups in total. The first kappa shape index (κ1) is 21.4. The number of carbonyl (C=O) groups is 2. The van der Waals surface area contributed by atoms with Crippen LogP contribution in [0.4, 0.5) is 0 Å². The van der Waals surface area contributed by atoms with E-state index >= 15 is 0 Å². The molecule has 1 saturated heterocycles. The molecule has 26 heavy (non-hydrogen) atoms. The van der Waals surface area contributed by atoms with Gasteiger partial charge in [-0.15, -0.1) is 0 Å². The summed E-state index contributed by atoms with van der Waals surface area (Å²) in [5.74, 6) is 0.306. The zero-order chi connectivity index (χ0) is 19.3. The molecule has 0 spiro atoms. The Balaban J connectivity index is 2.13. The van der Waals surface area contributed by atoms with Crippen LogP contribution < -0.4 is 5.32 Å². The number of thioether (sulfide) groups is 1. The van der Waals surface area contributed by atoms with Crippen LogP contribution in [0.5, 0.6) is 0 Å². The minimum atomic E-state index is -0.598. The van der Waals surface area contributed by atoms with Gasteiger partial charge in [0.1, 0.15) is 6.04 Å². The van der Waals surface area contributed by atoms with Crippen molar-refractivity contribution in [2.75, 3.05) is 25.1 Å². The van der Waals surface area contributed by atoms with Gasteiger partial charge in [-0.05, 0) is 50.5 Å². The lowest BCUT2D eigenvalue weighted by atomic mass is 10.1. The summed E-state index contributed by atoms with van der Waals surface area (Å²) in [5, 5.41) is 3.56. The summed E-state index contributed by atoms with van der Waals surface area (Å²) in [7, 11) is 0. The van der Waals surface area contributed by atoms with Crippen LogP contribution >= 0.6 is 35.0 Å². The van der Waals surface area contributed by atoms with Gasteiger partial charge in [0.05, 0.1) is 22.8 Å². The fourth-order valence-electron chi connectivity index (χ4n) is 2.98. The molecule has 1 fully saturated rings. The highest BCUT2D eigenvalue weighted by Gasteiger charge is 2.31. The number of hydrogen-bond donors (Lipinski definition) is 1. The molecule has 2 amide bonds. The van der Waals surface area contributed by atoms with E-state index in [4.69, 9.17) is 27.9 Å². The highest BCUT2D eigenvalue weighted by Crippen LogP contribution is 2.21. The summed E-state index contributed by atoms with van der Waals surface area (Å²) in [5.41, 5.74) is 0.307. The molecule has 0 aromatic heterocycles. The van der Waals surface area contributed by atoms with Crippen molar-refractivity contribution >= 4 is 46.8 Å². The predicted octanol–water partition coefficient (Wildman–Crippen LogP) is 3.48. The maximum atomic E-state index is 13.0. The number of amides is 2. The van der Waals surface area contributed by atoms with Crippen LogP contribution in [0.15, 0.2) is 18.2 Å². The first-order valence-corrected chi connectivity index (χ1v) is 10.7. The number of morpholine rings is 1. The maximum Gasteiger partial charge on any atom is 0.253 e. The second kappa shape index (κ2) is 9.83. The van der Waals surface area contributed by atoms with Gasteiger partial charge in [0, 0.05) is 18.1 Å². The lowest BCUT2D eigenvalue weighted by Crippen LogP contribution is -2.55. The van der Waals surface area contributed by atoms with Crippen LogP contribution in [0.1, 0.15) is 30.6 Å². The summed E-state index contributed by atoms with van der Waals surface area (Å²) in [6.45, 7) is 4.94. The summed E-state index contributed by atoms with van der Waals surface area (Å²) in [6, 6.07) is 4.09. The summed E-state index contributed by atoms with van der Waals surface area (Å²) >= 11 is 13.6. The minimum Gasteiger partial charge on any atom is -0.372 e. The molecule has 1 aliphatic heterocycles. The van der Waals surface area contributed by atoms with E-state index in [2.05, 4.69) is 5.32 Å². The molecule has 0 bridgehead atoms. The van der Waals surface area contributed by atoms with Gasteiger partial charge < -0.3 is 15.0 Å². The van der Waals surface area contributed by atoms with Gasteiger partial charge in [-0.3, -0.25) is 9.59 Å². The molecule has 1 aromatic carbocycles. The Morgan fingerprint density at radius 2 is 1.96 bits per heavy atom. The number of halogens is 2. The zero-order valence-electron chi connectivity index (χ0n) is 15.1. The molecule has 3 unspecified atom stereocenters. The van der Waals surface area contributed by atoms with Gasteiger partial charge in [0.25, 0.3) is 5.91 Å². The van der Waals surface area contributed by atoms with Gasteiger partial charge in [-0.2, -0.15) is 11.8 Å². The van der Waals surface area contributed by atoms with E-state index in [1.54, 1.807) is 28.8 Å². The third-order valence-electron chi connectivity index (χ3n) is 4.12. The average Bonchev–Trinajstić information content (AvgIpc) is 2.56. The number of carbonyl (C=O) groups excluding carboxylic acids is 2. The monoisotopic (exact) mass is 418 g/mol. The lowest BCUT2D eigenvalue weighted by molar-refractivity contribution is -0.145. The van der Waals surface area contributed by atoms with Crippen LogP contribution in [-0.4, -0.2) is 60.1 Å². The topological polar surface area (TPSA) is 58.6 Å². The van der Waals surface area contributed by atoms with E-state index in [0.717, 1.165) is 5.75 Å². The van der Waals surface area contributed by atoms with E-state index in [1.165, 1.54) is 6.07 Å². The van der Waals surface area contributed by atoms with Gasteiger partial charge in [-0.25, -0.2) is 0 Å². The Kier molecular flexibility index (Phi) is 8.07. The number of hydrogen-bond acceptors (Lipinski definition) is 4. The smallest absolute Gasteiger partial charge is 0.253 e. The predicted molar refractivity (Wildman–Crippen MR) is 107 cm³/mol. The number of rotatable bonds is 6. The van der Waals surface area contributed by atoms with Crippen LogP contribution in [0, 0.1) is 0 Å². The first-order chi connectivity index (χ1) is 12.3. The van der Waals surface area contributed by atoms with Crippen molar-refractivity contribution in [3.05, 3.63) is 33.8 Å². The Labute approximate surface area is 168 Å². The van der Waals surface area contributed by atoms with Crippen LogP contribution in [-0.2, 0) is 9.53 Å². The molecule has 8 heteroatoms. The quantitative estimate of drug-likeness (QED) is 0.767. The van der Waals surface area contributed by atoms with Crippen LogP contribution in [0.3, 0.4) is 0 Å². The van der Waals surface area contributed by atoms with Crippen LogP contribution in [0.2, 0.25) is 10.0 Å². The normalized spacial score (nSPS) is 21.3. The van der Waals surface area contributed by atoms with Crippen molar-refractivity contribution in [2.24, 2.45) is 0 Å². The fourth-order valence-corrected chi connectivity index (χ4v) is 3.95. The molecule has 3 atom stereocenters. The maximum absolute atomic E-state index is 13.0. The van der Waals surface area contributed by atoms with Crippen molar-refractivity contribution < 1.29 is 14.3 Å². The largest absolute Gasteiger partial charge is 0.372 e. The standard InChI is InChI=1S/C18H24Cl2N2O3S/c1-11-9-22(10-12(2)25-11)18(24)16(6-7-26-3)21-17(23)14-5-4-13(19)8-15(14)20/h4-5,8,11-12,16H,6-7,9-10H2,1-3H3,(H,21,23). The molecule has 1 heterocycles. The summed E-state index contributed by atoms with van der Waals surface area (Å²) in [6.07, 6.45) is 2.48. The summed E-state index contributed by atoms with van der Waals surface area (Å²) < 4.78 is 5.69. The third-order valence-corrected chi connectivity index (χ3v) is 5.31. The van der Waals surface area contributed by atoms with Crippen molar-refractivity contribution in [3.8, 4) is 0 Å². The molecular weight excluding hydrogens is 395 g/mol. The van der Waals surface area contributed by atoms with Gasteiger partial charge in [0.2, 0.25) is 5.91 Å². The van der Waals surface area contributed by atoms with Crippen molar-refractivity contribution in [2.45, 2.75) is 38.5 Å². The van der Waals surface area contributed by atoms with Crippen molar-refractivity contribution in [1.82, 2.24) is 10.2 Å². The second-order valence-corrected chi connectivity index (χ2v) is 8.26. The first-order valence-electron chi connectivity index (χ1n) is 8.51. The molecule has 144 valence electrons. The molecule has 0 radical (unpaired) electrons. The van der Waals surface area contributed by atoms with Crippen molar-refractivity contribution in [3.63, 3.8) is 0 Å². The highest BCUT2D eigenvalue weighted by molar-refractivity contribution is 7.98. The Morgan fingerprint density at radius 3 is 2.54 bits per heavy atom. The van der Waals surface area contributed by atoms with Gasteiger partial charge >= 0.3 is 0 Å². The number of nitrogens with one attached hydrogen (secondary N) is 1. The highest BCUT2D eigenvalue weighted by atomic mass is 35.5. The average molecular weight is 419 g/mol. The molecule has 2 rings (SSSR count). The second-order valence-electron chi connectivity index (χ2n) is 6.43. The fraction of sp³-hybridized carbons (Fsp3) is 0.556. The molecular formula is C18H24Cl2N2O3S. The van der Waals surface area contributed by atoms with Gasteiger partial charge in [0.15, 0.2) is 0 Å². The molecule has 5 nitrogen and oxygen atoms in total. The third kappa shape index (κ3) is 5.78. The Bertz CT molecular complexity index is 649. The van der Waals surface area contributed by atoms with Crippen molar-refractivity contribution in [1.29, 1.82) is 0 Å². The van der Waals surface area contributed by atoms with E-state index in [1.807, 2.05) is 20.1 Å². The minimum absolute atomic E-state index is 0.0229. The van der Waals surface area contributed by atoms with Gasteiger partial charge in [-0.1, -0.05) is 23.2 Å². The SMILES string of the molecule is CSCCC(NC(=O)c1ccc(Cl)cc1Cl)C(=O)N1CC(C)OC(C)C1. The zero-order valence-corrected chi connectivity index (χ0v) is 17.5. The lowest BCUT2D eigenvalue weighted by Gasteiger charge is -2.37. The van der Waals surface area contributed by atoms with Crippen LogP contribution in [0.25, 0.3) is 0 Å². The van der Waals surface area contributed by atoms with E-state index in [-0.39, 0.29) is 29.0 Å².